The first kappa shape index (κ1) is 16.6. The molecule has 6 heteroatoms. The SMILES string of the molecule is COc1cc2nccc(-c3ccc(CNC(=O)O)cc3)c2cc1OC. The van der Waals surface area contributed by atoms with E-state index in [0.717, 1.165) is 27.6 Å². The second-order valence-corrected chi connectivity index (χ2v) is 5.44. The minimum atomic E-state index is -1.04. The maximum Gasteiger partial charge on any atom is 0.404 e. The molecule has 0 aliphatic carbocycles. The minimum Gasteiger partial charge on any atom is -0.493 e. The molecule has 0 aliphatic heterocycles. The number of ether oxygens (including phenoxy) is 2. The third-order valence-corrected chi connectivity index (χ3v) is 3.96. The summed E-state index contributed by atoms with van der Waals surface area (Å²) >= 11 is 0. The molecule has 25 heavy (non-hydrogen) atoms. The van der Waals surface area contributed by atoms with E-state index >= 15 is 0 Å². The van der Waals surface area contributed by atoms with Gasteiger partial charge in [-0.1, -0.05) is 24.3 Å². The third kappa shape index (κ3) is 3.47. The van der Waals surface area contributed by atoms with E-state index in [1.807, 2.05) is 42.5 Å². The van der Waals surface area contributed by atoms with Gasteiger partial charge in [-0.15, -0.1) is 0 Å². The van der Waals surface area contributed by atoms with Gasteiger partial charge in [0.25, 0.3) is 0 Å². The Morgan fingerprint density at radius 2 is 1.76 bits per heavy atom. The summed E-state index contributed by atoms with van der Waals surface area (Å²) in [5.74, 6) is 1.28. The Morgan fingerprint density at radius 3 is 2.40 bits per heavy atom. The summed E-state index contributed by atoms with van der Waals surface area (Å²) in [4.78, 5) is 15.0. The van der Waals surface area contributed by atoms with Gasteiger partial charge in [0.2, 0.25) is 0 Å². The Bertz CT molecular complexity index is 907. The van der Waals surface area contributed by atoms with Gasteiger partial charge >= 0.3 is 6.09 Å². The number of carboxylic acid groups (broad SMARTS) is 1. The van der Waals surface area contributed by atoms with Crippen molar-refractivity contribution in [2.45, 2.75) is 6.54 Å². The lowest BCUT2D eigenvalue weighted by molar-refractivity contribution is 0.194. The summed E-state index contributed by atoms with van der Waals surface area (Å²) < 4.78 is 10.7. The average Bonchev–Trinajstić information content (AvgIpc) is 2.65. The molecule has 0 spiro atoms. The number of rotatable bonds is 5. The van der Waals surface area contributed by atoms with Gasteiger partial charge in [-0.05, 0) is 28.8 Å². The molecule has 2 aromatic carbocycles. The van der Waals surface area contributed by atoms with Crippen molar-refractivity contribution in [2.75, 3.05) is 14.2 Å². The van der Waals surface area contributed by atoms with Gasteiger partial charge in [0.15, 0.2) is 11.5 Å². The average molecular weight is 338 g/mol. The lowest BCUT2D eigenvalue weighted by atomic mass is 10.00. The summed E-state index contributed by atoms with van der Waals surface area (Å²) in [6.45, 7) is 0.276. The van der Waals surface area contributed by atoms with E-state index in [9.17, 15) is 4.79 Å². The number of nitrogens with zero attached hydrogens (tertiary/aromatic N) is 1. The molecule has 3 aromatic rings. The topological polar surface area (TPSA) is 80.7 Å². The van der Waals surface area contributed by atoms with E-state index in [4.69, 9.17) is 14.6 Å². The zero-order valence-corrected chi connectivity index (χ0v) is 13.9. The highest BCUT2D eigenvalue weighted by molar-refractivity contribution is 5.96. The summed E-state index contributed by atoms with van der Waals surface area (Å²) in [6, 6.07) is 13.4. The van der Waals surface area contributed by atoms with Crippen LogP contribution >= 0.6 is 0 Å². The van der Waals surface area contributed by atoms with Crippen molar-refractivity contribution in [3.05, 3.63) is 54.2 Å². The highest BCUT2D eigenvalue weighted by atomic mass is 16.5. The van der Waals surface area contributed by atoms with Gasteiger partial charge in [0.05, 0.1) is 19.7 Å². The minimum absolute atomic E-state index is 0.276. The molecule has 0 atom stereocenters. The normalized spacial score (nSPS) is 10.5. The molecule has 128 valence electrons. The van der Waals surface area contributed by atoms with Gasteiger partial charge in [0, 0.05) is 24.2 Å². The summed E-state index contributed by atoms with van der Waals surface area (Å²) in [5, 5.41) is 12.0. The van der Waals surface area contributed by atoms with Crippen LogP contribution in [-0.2, 0) is 6.54 Å². The van der Waals surface area contributed by atoms with Gasteiger partial charge < -0.3 is 19.9 Å². The molecule has 0 aliphatic rings. The maximum absolute atomic E-state index is 10.6. The van der Waals surface area contributed by atoms with Crippen molar-refractivity contribution in [1.82, 2.24) is 10.3 Å². The fraction of sp³-hybridized carbons (Fsp3) is 0.158. The number of fused-ring (bicyclic) bond motifs is 1. The fourth-order valence-electron chi connectivity index (χ4n) is 2.70. The molecular weight excluding hydrogens is 320 g/mol. The monoisotopic (exact) mass is 338 g/mol. The van der Waals surface area contributed by atoms with Crippen LogP contribution in [0.4, 0.5) is 4.79 Å². The van der Waals surface area contributed by atoms with E-state index < -0.39 is 6.09 Å². The number of amides is 1. The largest absolute Gasteiger partial charge is 0.493 e. The predicted octanol–water partition coefficient (Wildman–Crippen LogP) is 3.69. The van der Waals surface area contributed by atoms with Crippen molar-refractivity contribution < 1.29 is 19.4 Å². The number of pyridine rings is 1. The lowest BCUT2D eigenvalue weighted by Gasteiger charge is -2.12. The third-order valence-electron chi connectivity index (χ3n) is 3.96. The van der Waals surface area contributed by atoms with Gasteiger partial charge in [-0.25, -0.2) is 4.79 Å². The number of nitrogens with one attached hydrogen (secondary N) is 1. The molecule has 2 N–H and O–H groups in total. The Kier molecular flexibility index (Phi) is 4.70. The van der Waals surface area contributed by atoms with Crippen LogP contribution in [0, 0.1) is 0 Å². The van der Waals surface area contributed by atoms with Crippen molar-refractivity contribution in [3.63, 3.8) is 0 Å². The molecule has 0 saturated heterocycles. The first-order valence-electron chi connectivity index (χ1n) is 7.69. The molecule has 1 heterocycles. The number of methoxy groups -OCH3 is 2. The summed E-state index contributed by atoms with van der Waals surface area (Å²) in [6.07, 6.45) is 0.717. The van der Waals surface area contributed by atoms with Crippen molar-refractivity contribution in [3.8, 4) is 22.6 Å². The summed E-state index contributed by atoms with van der Waals surface area (Å²) in [5.41, 5.74) is 3.73. The van der Waals surface area contributed by atoms with E-state index in [0.29, 0.717) is 11.5 Å². The van der Waals surface area contributed by atoms with Gasteiger partial charge in [0.1, 0.15) is 0 Å². The predicted molar refractivity (Wildman–Crippen MR) is 95.1 cm³/mol. The Hall–Kier alpha value is -3.28. The molecular formula is C19H18N2O4. The highest BCUT2D eigenvalue weighted by Gasteiger charge is 2.11. The van der Waals surface area contributed by atoms with Crippen LogP contribution in [0.1, 0.15) is 5.56 Å². The molecule has 0 unspecified atom stereocenters. The van der Waals surface area contributed by atoms with Crippen LogP contribution in [0.15, 0.2) is 48.7 Å². The maximum atomic E-state index is 10.6. The Balaban J connectivity index is 2.01. The van der Waals surface area contributed by atoms with Crippen molar-refractivity contribution >= 4 is 17.0 Å². The van der Waals surface area contributed by atoms with Crippen LogP contribution in [0.5, 0.6) is 11.5 Å². The standard InChI is InChI=1S/C19H18N2O4/c1-24-17-9-15-14(7-8-20-16(15)10-18(17)25-2)13-5-3-12(4-6-13)11-21-19(22)23/h3-10,21H,11H2,1-2H3,(H,22,23). The molecule has 6 nitrogen and oxygen atoms in total. The van der Waals surface area contributed by atoms with Crippen LogP contribution < -0.4 is 14.8 Å². The fourth-order valence-corrected chi connectivity index (χ4v) is 2.70. The van der Waals surface area contributed by atoms with E-state index in [2.05, 4.69) is 10.3 Å². The number of carbonyl (C=O) groups is 1. The smallest absolute Gasteiger partial charge is 0.404 e. The van der Waals surface area contributed by atoms with Crippen LogP contribution in [0.3, 0.4) is 0 Å². The van der Waals surface area contributed by atoms with E-state index in [-0.39, 0.29) is 6.54 Å². The second kappa shape index (κ2) is 7.09. The molecule has 0 bridgehead atoms. The Morgan fingerprint density at radius 1 is 1.08 bits per heavy atom. The van der Waals surface area contributed by atoms with E-state index in [1.165, 1.54) is 0 Å². The lowest BCUT2D eigenvalue weighted by Crippen LogP contribution is -2.19. The molecule has 0 saturated carbocycles. The quantitative estimate of drug-likeness (QED) is 0.741. The number of benzene rings is 2. The highest BCUT2D eigenvalue weighted by Crippen LogP contribution is 2.36. The van der Waals surface area contributed by atoms with Crippen molar-refractivity contribution in [1.29, 1.82) is 0 Å². The summed E-state index contributed by atoms with van der Waals surface area (Å²) in [7, 11) is 3.20. The molecule has 0 fully saturated rings. The van der Waals surface area contributed by atoms with Gasteiger partial charge in [-0.3, -0.25) is 4.98 Å². The zero-order valence-electron chi connectivity index (χ0n) is 13.9. The van der Waals surface area contributed by atoms with Crippen molar-refractivity contribution in [2.24, 2.45) is 0 Å². The molecule has 0 radical (unpaired) electrons. The van der Waals surface area contributed by atoms with Gasteiger partial charge in [-0.2, -0.15) is 0 Å². The Labute approximate surface area is 145 Å². The number of hydrogen-bond donors (Lipinski definition) is 2. The zero-order chi connectivity index (χ0) is 17.8. The van der Waals surface area contributed by atoms with Crippen LogP contribution in [-0.4, -0.2) is 30.4 Å². The molecule has 1 amide bonds. The van der Waals surface area contributed by atoms with Crippen LogP contribution in [0.25, 0.3) is 22.0 Å². The molecule has 3 rings (SSSR count). The second-order valence-electron chi connectivity index (χ2n) is 5.44. The van der Waals surface area contributed by atoms with Crippen LogP contribution in [0.2, 0.25) is 0 Å². The first-order chi connectivity index (χ1) is 12.1. The number of aromatic nitrogens is 1. The first-order valence-corrected chi connectivity index (χ1v) is 7.69. The van der Waals surface area contributed by atoms with E-state index in [1.54, 1.807) is 20.4 Å². The number of hydrogen-bond acceptors (Lipinski definition) is 4. The molecule has 1 aromatic heterocycles.